The third-order valence-electron chi connectivity index (χ3n) is 4.87. The van der Waals surface area contributed by atoms with Gasteiger partial charge in [-0.3, -0.25) is 0 Å². The third-order valence-corrected chi connectivity index (χ3v) is 5.72. The van der Waals surface area contributed by atoms with Crippen LogP contribution in [-0.4, -0.2) is 0 Å². The van der Waals surface area contributed by atoms with Gasteiger partial charge in [0.25, 0.3) is 0 Å². The SMILES string of the molecule is CC(C)(C)c1ccccc1-c1c2ccccc2c(Br)c2ccccc12. The molecule has 0 N–H and O–H groups in total. The van der Waals surface area contributed by atoms with Crippen molar-refractivity contribution in [2.75, 3.05) is 0 Å². The summed E-state index contributed by atoms with van der Waals surface area (Å²) in [6, 6.07) is 26.2. The van der Waals surface area contributed by atoms with Gasteiger partial charge in [0.1, 0.15) is 0 Å². The lowest BCUT2D eigenvalue weighted by Gasteiger charge is -2.25. The lowest BCUT2D eigenvalue weighted by atomic mass is 9.80. The Kier molecular flexibility index (Phi) is 3.92. The van der Waals surface area contributed by atoms with Gasteiger partial charge in [-0.05, 0) is 59.6 Å². The van der Waals surface area contributed by atoms with Crippen LogP contribution in [0.5, 0.6) is 0 Å². The molecule has 0 aliphatic heterocycles. The van der Waals surface area contributed by atoms with Gasteiger partial charge in [0.2, 0.25) is 0 Å². The summed E-state index contributed by atoms with van der Waals surface area (Å²) >= 11 is 3.85. The van der Waals surface area contributed by atoms with E-state index in [1.54, 1.807) is 0 Å². The van der Waals surface area contributed by atoms with E-state index in [2.05, 4.69) is 109 Å². The molecule has 0 aliphatic carbocycles. The molecule has 4 aromatic rings. The number of hydrogen-bond acceptors (Lipinski definition) is 0. The van der Waals surface area contributed by atoms with Crippen molar-refractivity contribution >= 4 is 37.5 Å². The third kappa shape index (κ3) is 2.67. The van der Waals surface area contributed by atoms with Gasteiger partial charge in [0, 0.05) is 4.47 Å². The molecule has 124 valence electrons. The minimum absolute atomic E-state index is 0.0892. The fourth-order valence-electron chi connectivity index (χ4n) is 3.72. The van der Waals surface area contributed by atoms with Crippen molar-refractivity contribution in [3.63, 3.8) is 0 Å². The molecule has 0 nitrogen and oxygen atoms in total. The van der Waals surface area contributed by atoms with Crippen molar-refractivity contribution in [2.45, 2.75) is 26.2 Å². The molecule has 0 radical (unpaired) electrons. The van der Waals surface area contributed by atoms with E-state index in [-0.39, 0.29) is 5.41 Å². The van der Waals surface area contributed by atoms with Crippen LogP contribution in [0.3, 0.4) is 0 Å². The van der Waals surface area contributed by atoms with Gasteiger partial charge in [-0.25, -0.2) is 0 Å². The highest BCUT2D eigenvalue weighted by Gasteiger charge is 2.21. The Labute approximate surface area is 157 Å². The molecule has 1 heteroatoms. The van der Waals surface area contributed by atoms with Crippen LogP contribution in [0.4, 0.5) is 0 Å². The predicted molar refractivity (Wildman–Crippen MR) is 113 cm³/mol. The van der Waals surface area contributed by atoms with Gasteiger partial charge in [0.05, 0.1) is 0 Å². The Hall–Kier alpha value is -2.12. The minimum Gasteiger partial charge on any atom is -0.0619 e. The zero-order chi connectivity index (χ0) is 17.6. The van der Waals surface area contributed by atoms with Crippen molar-refractivity contribution in [1.82, 2.24) is 0 Å². The van der Waals surface area contributed by atoms with Gasteiger partial charge >= 0.3 is 0 Å². The zero-order valence-corrected chi connectivity index (χ0v) is 16.4. The zero-order valence-electron chi connectivity index (χ0n) is 14.8. The first-order chi connectivity index (χ1) is 12.0. The van der Waals surface area contributed by atoms with Gasteiger partial charge in [-0.15, -0.1) is 0 Å². The monoisotopic (exact) mass is 388 g/mol. The van der Waals surface area contributed by atoms with Crippen LogP contribution < -0.4 is 0 Å². The first-order valence-corrected chi connectivity index (χ1v) is 9.46. The fraction of sp³-hybridized carbons (Fsp3) is 0.167. The molecule has 0 saturated heterocycles. The van der Waals surface area contributed by atoms with Crippen LogP contribution in [0, 0.1) is 0 Å². The van der Waals surface area contributed by atoms with Crippen LogP contribution in [-0.2, 0) is 5.41 Å². The first-order valence-electron chi connectivity index (χ1n) is 8.67. The lowest BCUT2D eigenvalue weighted by molar-refractivity contribution is 0.592. The van der Waals surface area contributed by atoms with Crippen molar-refractivity contribution in [2.24, 2.45) is 0 Å². The molecule has 0 aliphatic rings. The second-order valence-corrected chi connectivity index (χ2v) is 8.37. The molecule has 4 aromatic carbocycles. The van der Waals surface area contributed by atoms with E-state index in [9.17, 15) is 0 Å². The molecular weight excluding hydrogens is 368 g/mol. The minimum atomic E-state index is 0.0892. The standard InChI is InChI=1S/C24H21Br/c1-24(2,3)21-15-9-8-14-20(21)22-16-10-4-6-12-18(16)23(25)19-13-7-5-11-17(19)22/h4-15H,1-3H3. The quantitative estimate of drug-likeness (QED) is 0.292. The first kappa shape index (κ1) is 16.4. The molecule has 0 aromatic heterocycles. The summed E-state index contributed by atoms with van der Waals surface area (Å²) in [6.07, 6.45) is 0. The molecule has 0 unspecified atom stereocenters. The normalized spacial score (nSPS) is 12.0. The molecule has 0 saturated carbocycles. The molecule has 0 bridgehead atoms. The van der Waals surface area contributed by atoms with E-state index < -0.39 is 0 Å². The Morgan fingerprint density at radius 3 is 1.56 bits per heavy atom. The van der Waals surface area contributed by atoms with E-state index in [1.807, 2.05) is 0 Å². The number of fused-ring (bicyclic) bond motifs is 2. The van der Waals surface area contributed by atoms with Crippen molar-refractivity contribution in [1.29, 1.82) is 0 Å². The molecule has 0 atom stereocenters. The number of hydrogen-bond donors (Lipinski definition) is 0. The summed E-state index contributed by atoms with van der Waals surface area (Å²) in [5.74, 6) is 0. The largest absolute Gasteiger partial charge is 0.0619 e. The second kappa shape index (κ2) is 6.00. The highest BCUT2D eigenvalue weighted by Crippen LogP contribution is 2.44. The van der Waals surface area contributed by atoms with Crippen molar-refractivity contribution in [3.8, 4) is 11.1 Å². The van der Waals surface area contributed by atoms with Crippen LogP contribution in [0.2, 0.25) is 0 Å². The van der Waals surface area contributed by atoms with E-state index in [4.69, 9.17) is 0 Å². The van der Waals surface area contributed by atoms with Crippen LogP contribution in [0.1, 0.15) is 26.3 Å². The summed E-state index contributed by atoms with van der Waals surface area (Å²) in [7, 11) is 0. The Morgan fingerprint density at radius 1 is 0.600 bits per heavy atom. The van der Waals surface area contributed by atoms with Gasteiger partial charge in [-0.2, -0.15) is 0 Å². The van der Waals surface area contributed by atoms with E-state index in [0.29, 0.717) is 0 Å². The predicted octanol–water partition coefficient (Wildman–Crippen LogP) is 7.72. The summed E-state index contributed by atoms with van der Waals surface area (Å²) in [5.41, 5.74) is 4.13. The van der Waals surface area contributed by atoms with E-state index >= 15 is 0 Å². The smallest absolute Gasteiger partial charge is 0.0332 e. The maximum Gasteiger partial charge on any atom is 0.0332 e. The topological polar surface area (TPSA) is 0 Å². The molecule has 0 amide bonds. The molecule has 0 fully saturated rings. The maximum absolute atomic E-state index is 3.85. The van der Waals surface area contributed by atoms with Crippen LogP contribution >= 0.6 is 15.9 Å². The van der Waals surface area contributed by atoms with E-state index in [1.165, 1.54) is 42.7 Å². The number of rotatable bonds is 1. The molecular formula is C24H21Br. The van der Waals surface area contributed by atoms with Crippen LogP contribution in [0.15, 0.2) is 77.3 Å². The second-order valence-electron chi connectivity index (χ2n) is 7.58. The van der Waals surface area contributed by atoms with Crippen molar-refractivity contribution < 1.29 is 0 Å². The Morgan fingerprint density at radius 2 is 1.04 bits per heavy atom. The highest BCUT2D eigenvalue weighted by atomic mass is 79.9. The summed E-state index contributed by atoms with van der Waals surface area (Å²) < 4.78 is 1.18. The lowest BCUT2D eigenvalue weighted by Crippen LogP contribution is -2.12. The summed E-state index contributed by atoms with van der Waals surface area (Å²) in [4.78, 5) is 0. The molecule has 4 rings (SSSR count). The number of halogens is 1. The Balaban J connectivity index is 2.24. The average molecular weight is 389 g/mol. The van der Waals surface area contributed by atoms with Gasteiger partial charge in [0.15, 0.2) is 0 Å². The van der Waals surface area contributed by atoms with Crippen LogP contribution in [0.25, 0.3) is 32.7 Å². The molecule has 0 spiro atoms. The average Bonchev–Trinajstić information content (AvgIpc) is 2.62. The van der Waals surface area contributed by atoms with Gasteiger partial charge in [-0.1, -0.05) is 93.6 Å². The highest BCUT2D eigenvalue weighted by molar-refractivity contribution is 9.10. The molecule has 25 heavy (non-hydrogen) atoms. The maximum atomic E-state index is 3.85. The van der Waals surface area contributed by atoms with Gasteiger partial charge < -0.3 is 0 Å². The number of benzene rings is 4. The van der Waals surface area contributed by atoms with Crippen molar-refractivity contribution in [3.05, 3.63) is 82.8 Å². The van der Waals surface area contributed by atoms with E-state index in [0.717, 1.165) is 0 Å². The molecule has 0 heterocycles. The summed E-state index contributed by atoms with van der Waals surface area (Å²) in [5, 5.41) is 5.12. The Bertz CT molecular complexity index is 1030. The summed E-state index contributed by atoms with van der Waals surface area (Å²) in [6.45, 7) is 6.86. The fourth-order valence-corrected chi connectivity index (χ4v) is 4.41.